The first-order chi connectivity index (χ1) is 9.11. The van der Waals surface area contributed by atoms with Crippen LogP contribution in [-0.4, -0.2) is 11.2 Å². The smallest absolute Gasteiger partial charge is 0.170 e. The molecular formula is C17H16OS. The van der Waals surface area contributed by atoms with Crippen molar-refractivity contribution in [3.8, 4) is 0 Å². The van der Waals surface area contributed by atoms with Crippen molar-refractivity contribution in [3.63, 3.8) is 0 Å². The highest BCUT2D eigenvalue weighted by atomic mass is 32.1. The van der Waals surface area contributed by atoms with E-state index in [-0.39, 0.29) is 11.7 Å². The summed E-state index contributed by atoms with van der Waals surface area (Å²) in [5.74, 6) is 0.0111. The lowest BCUT2D eigenvalue weighted by atomic mass is 9.91. The van der Waals surface area contributed by atoms with Crippen molar-refractivity contribution in [3.05, 3.63) is 70.8 Å². The molecule has 0 aliphatic heterocycles. The third-order valence-corrected chi connectivity index (χ3v) is 3.57. The number of thiocarbonyl (C=S) groups is 1. The van der Waals surface area contributed by atoms with Gasteiger partial charge in [-0.3, -0.25) is 4.79 Å². The Hall–Kier alpha value is -1.80. The Kier molecular flexibility index (Phi) is 4.23. The molecule has 0 aliphatic carbocycles. The van der Waals surface area contributed by atoms with Gasteiger partial charge in [0.25, 0.3) is 0 Å². The third kappa shape index (κ3) is 3.15. The number of carbonyl (C=O) groups excluding carboxylic acids is 1. The van der Waals surface area contributed by atoms with E-state index in [4.69, 9.17) is 12.2 Å². The zero-order valence-corrected chi connectivity index (χ0v) is 11.9. The van der Waals surface area contributed by atoms with Crippen LogP contribution in [0.15, 0.2) is 48.5 Å². The lowest BCUT2D eigenvalue weighted by Crippen LogP contribution is -2.09. The molecule has 2 aromatic carbocycles. The van der Waals surface area contributed by atoms with Crippen LogP contribution in [0.4, 0.5) is 0 Å². The van der Waals surface area contributed by atoms with Gasteiger partial charge in [0, 0.05) is 16.8 Å². The van der Waals surface area contributed by atoms with Gasteiger partial charge in [0.05, 0.1) is 0 Å². The minimum Gasteiger partial charge on any atom is -0.294 e. The summed E-state index contributed by atoms with van der Waals surface area (Å²) >= 11 is 4.88. The Morgan fingerprint density at radius 1 is 1.05 bits per heavy atom. The molecule has 19 heavy (non-hydrogen) atoms. The Labute approximate surface area is 119 Å². The quantitative estimate of drug-likeness (QED) is 0.606. The van der Waals surface area contributed by atoms with Gasteiger partial charge in [-0.05, 0) is 18.1 Å². The monoisotopic (exact) mass is 268 g/mol. The molecule has 96 valence electrons. The van der Waals surface area contributed by atoms with Crippen LogP contribution >= 0.6 is 12.2 Å². The van der Waals surface area contributed by atoms with Crippen LogP contribution in [0, 0.1) is 6.92 Å². The van der Waals surface area contributed by atoms with Crippen LogP contribution in [-0.2, 0) is 0 Å². The number of ketones is 1. The summed E-state index contributed by atoms with van der Waals surface area (Å²) in [5.41, 5.74) is 3.94. The molecule has 0 saturated carbocycles. The number of aryl methyl sites for hydroxylation is 1. The van der Waals surface area contributed by atoms with E-state index in [9.17, 15) is 4.79 Å². The number of benzene rings is 2. The van der Waals surface area contributed by atoms with E-state index in [0.29, 0.717) is 0 Å². The molecule has 0 bridgehead atoms. The second-order valence-corrected chi connectivity index (χ2v) is 4.97. The van der Waals surface area contributed by atoms with Gasteiger partial charge in [0.15, 0.2) is 5.78 Å². The van der Waals surface area contributed by atoms with Crippen molar-refractivity contribution in [2.75, 3.05) is 0 Å². The molecule has 2 heteroatoms. The Morgan fingerprint density at radius 3 is 2.16 bits per heavy atom. The van der Waals surface area contributed by atoms with E-state index in [1.54, 1.807) is 5.37 Å². The van der Waals surface area contributed by atoms with Gasteiger partial charge in [-0.25, -0.2) is 0 Å². The zero-order chi connectivity index (χ0) is 13.8. The van der Waals surface area contributed by atoms with Crippen molar-refractivity contribution < 1.29 is 4.79 Å². The van der Waals surface area contributed by atoms with Crippen LogP contribution in [0.1, 0.15) is 39.9 Å². The molecule has 0 spiro atoms. The van der Waals surface area contributed by atoms with Crippen LogP contribution in [0.5, 0.6) is 0 Å². The van der Waals surface area contributed by atoms with Crippen molar-refractivity contribution in [2.45, 2.75) is 19.8 Å². The second kappa shape index (κ2) is 5.89. The van der Waals surface area contributed by atoms with Gasteiger partial charge >= 0.3 is 0 Å². The minimum absolute atomic E-state index is 0.137. The van der Waals surface area contributed by atoms with Gasteiger partial charge in [-0.15, -0.1) is 0 Å². The molecule has 1 nitrogen and oxygen atoms in total. The maximum atomic E-state index is 12.4. The molecule has 1 atom stereocenters. The summed E-state index contributed by atoms with van der Waals surface area (Å²) < 4.78 is 0. The first-order valence-corrected chi connectivity index (χ1v) is 6.75. The van der Waals surface area contributed by atoms with Gasteiger partial charge in [-0.2, -0.15) is 0 Å². The summed E-state index contributed by atoms with van der Waals surface area (Å²) in [5, 5.41) is 1.64. The first-order valence-electron chi connectivity index (χ1n) is 6.28. The molecule has 0 heterocycles. The van der Waals surface area contributed by atoms with E-state index >= 15 is 0 Å². The maximum Gasteiger partial charge on any atom is 0.170 e. The van der Waals surface area contributed by atoms with E-state index in [1.165, 1.54) is 0 Å². The number of hydrogen-bond acceptors (Lipinski definition) is 2. The highest BCUT2D eigenvalue weighted by Crippen LogP contribution is 2.21. The molecule has 0 aliphatic rings. The van der Waals surface area contributed by atoms with E-state index in [2.05, 4.69) is 0 Å². The van der Waals surface area contributed by atoms with Gasteiger partial charge in [0.2, 0.25) is 0 Å². The molecule has 0 radical (unpaired) electrons. The number of hydrogen-bond donors (Lipinski definition) is 0. The molecule has 0 fully saturated rings. The van der Waals surface area contributed by atoms with Crippen molar-refractivity contribution in [1.82, 2.24) is 0 Å². The Balaban J connectivity index is 2.22. The predicted octanol–water partition coefficient (Wildman–Crippen LogP) is 4.33. The molecule has 0 amide bonds. The summed E-state index contributed by atoms with van der Waals surface area (Å²) in [4.78, 5) is 12.4. The lowest BCUT2D eigenvalue weighted by Gasteiger charge is -2.11. The van der Waals surface area contributed by atoms with E-state index < -0.39 is 0 Å². The number of Topliss-reactive ketones (excluding diaryl/α,β-unsaturated/α-hetero) is 1. The molecule has 2 aromatic rings. The summed E-state index contributed by atoms with van der Waals surface area (Å²) in [6.45, 7) is 3.95. The minimum atomic E-state index is -0.137. The lowest BCUT2D eigenvalue weighted by molar-refractivity contribution is 0.0966. The highest BCUT2D eigenvalue weighted by molar-refractivity contribution is 7.79. The van der Waals surface area contributed by atoms with E-state index in [1.807, 2.05) is 62.4 Å². The number of carbonyl (C=O) groups is 1. The SMILES string of the molecule is Cc1ccc(C(=O)C(C)c2ccc(C=S)cc2)cc1. The highest BCUT2D eigenvalue weighted by Gasteiger charge is 2.16. The van der Waals surface area contributed by atoms with Crippen LogP contribution < -0.4 is 0 Å². The molecule has 0 saturated heterocycles. The van der Waals surface area contributed by atoms with Crippen molar-refractivity contribution >= 4 is 23.4 Å². The zero-order valence-electron chi connectivity index (χ0n) is 11.1. The molecular weight excluding hydrogens is 252 g/mol. The summed E-state index contributed by atoms with van der Waals surface area (Å²) in [6.07, 6.45) is 0. The van der Waals surface area contributed by atoms with E-state index in [0.717, 1.165) is 22.3 Å². The molecule has 1 unspecified atom stereocenters. The van der Waals surface area contributed by atoms with Gasteiger partial charge < -0.3 is 0 Å². The van der Waals surface area contributed by atoms with Crippen molar-refractivity contribution in [2.24, 2.45) is 0 Å². The van der Waals surface area contributed by atoms with Gasteiger partial charge in [-0.1, -0.05) is 73.2 Å². The standard InChI is InChI=1S/C17H16OS/c1-12-3-7-16(8-4-12)17(18)13(2)15-9-5-14(11-19)6-10-15/h3-11,13H,1-2H3. The third-order valence-electron chi connectivity index (χ3n) is 3.30. The topological polar surface area (TPSA) is 17.1 Å². The average molecular weight is 268 g/mol. The van der Waals surface area contributed by atoms with Crippen LogP contribution in [0.2, 0.25) is 0 Å². The van der Waals surface area contributed by atoms with Crippen LogP contribution in [0.25, 0.3) is 0 Å². The fourth-order valence-corrected chi connectivity index (χ4v) is 2.14. The second-order valence-electron chi connectivity index (χ2n) is 4.74. The summed E-state index contributed by atoms with van der Waals surface area (Å²) in [6, 6.07) is 15.5. The fraction of sp³-hybridized carbons (Fsp3) is 0.176. The molecule has 0 aromatic heterocycles. The number of rotatable bonds is 4. The first kappa shape index (κ1) is 13.6. The Bertz CT molecular complexity index is 582. The fourth-order valence-electron chi connectivity index (χ4n) is 1.98. The average Bonchev–Trinajstić information content (AvgIpc) is 2.46. The van der Waals surface area contributed by atoms with Crippen LogP contribution in [0.3, 0.4) is 0 Å². The molecule has 0 N–H and O–H groups in total. The Morgan fingerprint density at radius 2 is 1.63 bits per heavy atom. The summed E-state index contributed by atoms with van der Waals surface area (Å²) in [7, 11) is 0. The van der Waals surface area contributed by atoms with Crippen molar-refractivity contribution in [1.29, 1.82) is 0 Å². The maximum absolute atomic E-state index is 12.4. The van der Waals surface area contributed by atoms with Gasteiger partial charge in [0.1, 0.15) is 0 Å². The molecule has 2 rings (SSSR count). The normalized spacial score (nSPS) is 11.9. The largest absolute Gasteiger partial charge is 0.294 e. The predicted molar refractivity (Wildman–Crippen MR) is 83.1 cm³/mol.